The van der Waals surface area contributed by atoms with Crippen LogP contribution in [0.2, 0.25) is 0 Å². The molecule has 0 bridgehead atoms. The van der Waals surface area contributed by atoms with Crippen LogP contribution in [0, 0.1) is 11.8 Å². The second kappa shape index (κ2) is 12.1. The van der Waals surface area contributed by atoms with Gasteiger partial charge in [-0.2, -0.15) is 0 Å². The molecule has 1 aliphatic heterocycles. The van der Waals surface area contributed by atoms with Gasteiger partial charge >= 0.3 is 0 Å². The average molecular weight is 544 g/mol. The number of amides is 4. The summed E-state index contributed by atoms with van der Waals surface area (Å²) in [4.78, 5) is 68.0. The second-order valence-corrected chi connectivity index (χ2v) is 10.6. The minimum Gasteiger partial charge on any atom is -0.356 e. The van der Waals surface area contributed by atoms with Crippen molar-refractivity contribution in [1.82, 2.24) is 26.3 Å². The van der Waals surface area contributed by atoms with Crippen LogP contribution in [-0.2, 0) is 25.7 Å². The summed E-state index contributed by atoms with van der Waals surface area (Å²) in [5, 5.41) is 11.7. The first-order valence-electron chi connectivity index (χ1n) is 13.7. The number of para-hydroxylation sites is 1. The molecule has 2 aromatic carbocycles. The molecule has 1 aliphatic carbocycles. The first kappa shape index (κ1) is 27.1. The fourth-order valence-corrected chi connectivity index (χ4v) is 5.03. The van der Waals surface area contributed by atoms with Crippen molar-refractivity contribution in [2.75, 3.05) is 6.54 Å². The summed E-state index contributed by atoms with van der Waals surface area (Å²) in [6.45, 7) is 0.629. The lowest BCUT2D eigenvalue weighted by molar-refractivity contribution is -0.141. The van der Waals surface area contributed by atoms with Crippen LogP contribution in [0.3, 0.4) is 0 Å². The number of rotatable bonds is 12. The quantitative estimate of drug-likeness (QED) is 0.222. The summed E-state index contributed by atoms with van der Waals surface area (Å²) in [7, 11) is 0. The number of aromatic nitrogens is 1. The molecule has 0 radical (unpaired) electrons. The third-order valence-electron chi connectivity index (χ3n) is 7.50. The van der Waals surface area contributed by atoms with Gasteiger partial charge in [0.1, 0.15) is 11.7 Å². The van der Waals surface area contributed by atoms with Gasteiger partial charge in [0.05, 0.1) is 6.04 Å². The van der Waals surface area contributed by atoms with Gasteiger partial charge in [-0.15, -0.1) is 0 Å². The van der Waals surface area contributed by atoms with E-state index in [-0.39, 0.29) is 18.9 Å². The molecule has 10 nitrogen and oxygen atoms in total. The van der Waals surface area contributed by atoms with Gasteiger partial charge in [0.2, 0.25) is 17.6 Å². The Morgan fingerprint density at radius 3 is 2.33 bits per heavy atom. The van der Waals surface area contributed by atoms with E-state index in [0.29, 0.717) is 31.0 Å². The Balaban J connectivity index is 1.29. The SMILES string of the molecule is O=C(NCc1ccccc1)C(=O)[C@H](C[C@@H]1CCNC1=O)NC(=O)[C@H](CC1CC1)NC(=O)c1cc2ccccc2[nH]1. The van der Waals surface area contributed by atoms with E-state index in [4.69, 9.17) is 0 Å². The first-order valence-corrected chi connectivity index (χ1v) is 13.7. The number of aromatic amines is 1. The third kappa shape index (κ3) is 6.74. The van der Waals surface area contributed by atoms with Crippen LogP contribution in [0.4, 0.5) is 0 Å². The highest BCUT2D eigenvalue weighted by molar-refractivity contribution is 6.38. The Kier molecular flexibility index (Phi) is 8.23. The summed E-state index contributed by atoms with van der Waals surface area (Å²) in [6, 6.07) is 16.3. The van der Waals surface area contributed by atoms with Gasteiger partial charge in [0.15, 0.2) is 0 Å². The first-order chi connectivity index (χ1) is 19.4. The van der Waals surface area contributed by atoms with E-state index in [0.717, 1.165) is 29.3 Å². The smallest absolute Gasteiger partial charge is 0.289 e. The van der Waals surface area contributed by atoms with Gasteiger partial charge in [-0.3, -0.25) is 24.0 Å². The molecular formula is C30H33N5O5. The molecule has 2 heterocycles. The summed E-state index contributed by atoms with van der Waals surface area (Å²) in [6.07, 6.45) is 2.84. The van der Waals surface area contributed by atoms with Gasteiger partial charge in [-0.1, -0.05) is 61.4 Å². The lowest BCUT2D eigenvalue weighted by atomic mass is 9.94. The fourth-order valence-electron chi connectivity index (χ4n) is 5.03. The topological polar surface area (TPSA) is 149 Å². The van der Waals surface area contributed by atoms with E-state index in [1.54, 1.807) is 6.07 Å². The number of benzene rings is 2. The van der Waals surface area contributed by atoms with Crippen LogP contribution >= 0.6 is 0 Å². The molecule has 0 unspecified atom stereocenters. The van der Waals surface area contributed by atoms with E-state index >= 15 is 0 Å². The van der Waals surface area contributed by atoms with Gasteiger partial charge < -0.3 is 26.3 Å². The van der Waals surface area contributed by atoms with E-state index in [9.17, 15) is 24.0 Å². The molecule has 5 N–H and O–H groups in total. The van der Waals surface area contributed by atoms with Crippen molar-refractivity contribution < 1.29 is 24.0 Å². The summed E-state index contributed by atoms with van der Waals surface area (Å²) in [5.74, 6) is -3.07. The molecule has 1 saturated heterocycles. The lowest BCUT2D eigenvalue weighted by Crippen LogP contribution is -2.54. The van der Waals surface area contributed by atoms with Crippen molar-refractivity contribution in [3.63, 3.8) is 0 Å². The Morgan fingerprint density at radius 1 is 0.875 bits per heavy atom. The zero-order chi connectivity index (χ0) is 28.1. The molecular weight excluding hydrogens is 510 g/mol. The number of ketones is 1. The Bertz CT molecular complexity index is 1380. The second-order valence-electron chi connectivity index (χ2n) is 10.6. The normalized spacial score (nSPS) is 18.0. The Hall–Kier alpha value is -4.47. The molecule has 1 saturated carbocycles. The number of Topliss-reactive ketones (excluding diaryl/α,β-unsaturated/α-hetero) is 1. The maximum atomic E-state index is 13.5. The van der Waals surface area contributed by atoms with Crippen LogP contribution in [0.5, 0.6) is 0 Å². The minimum absolute atomic E-state index is 0.00127. The van der Waals surface area contributed by atoms with E-state index in [1.807, 2.05) is 54.6 Å². The zero-order valence-electron chi connectivity index (χ0n) is 22.1. The number of nitrogens with one attached hydrogen (secondary N) is 5. The van der Waals surface area contributed by atoms with Crippen molar-refractivity contribution in [2.45, 2.75) is 50.7 Å². The lowest BCUT2D eigenvalue weighted by Gasteiger charge is -2.24. The van der Waals surface area contributed by atoms with Crippen molar-refractivity contribution in [1.29, 1.82) is 0 Å². The number of hydrogen-bond acceptors (Lipinski definition) is 5. The Morgan fingerprint density at radius 2 is 1.62 bits per heavy atom. The summed E-state index contributed by atoms with van der Waals surface area (Å²) >= 11 is 0. The van der Waals surface area contributed by atoms with Crippen LogP contribution in [0.25, 0.3) is 10.9 Å². The van der Waals surface area contributed by atoms with Crippen molar-refractivity contribution in [3.8, 4) is 0 Å². The molecule has 40 heavy (non-hydrogen) atoms. The molecule has 5 rings (SSSR count). The highest BCUT2D eigenvalue weighted by Gasteiger charge is 2.37. The standard InChI is InChI=1S/C30H33N5O5/c36-26(30(40)32-17-19-6-2-1-3-7-19)23(16-21-12-13-31-27(21)37)34-28(38)24(14-18-10-11-18)35-29(39)25-15-20-8-4-5-9-22(20)33-25/h1-9,15,18,21,23-24,33H,10-14,16-17H2,(H,31,37)(H,32,40)(H,34,38)(H,35,39)/t21-,23-,24-/m0/s1. The monoisotopic (exact) mass is 543 g/mol. The van der Waals surface area contributed by atoms with E-state index in [1.165, 1.54) is 0 Å². The zero-order valence-corrected chi connectivity index (χ0v) is 22.1. The number of hydrogen-bond donors (Lipinski definition) is 5. The van der Waals surface area contributed by atoms with Crippen LogP contribution < -0.4 is 21.3 Å². The molecule has 208 valence electrons. The molecule has 3 aromatic rings. The highest BCUT2D eigenvalue weighted by Crippen LogP contribution is 2.33. The van der Waals surface area contributed by atoms with Crippen LogP contribution in [0.15, 0.2) is 60.7 Å². The fraction of sp³-hybridized carbons (Fsp3) is 0.367. The third-order valence-corrected chi connectivity index (χ3v) is 7.50. The maximum absolute atomic E-state index is 13.5. The molecule has 2 fully saturated rings. The summed E-state index contributed by atoms with van der Waals surface area (Å²) < 4.78 is 0. The number of carbonyl (C=O) groups excluding carboxylic acids is 5. The van der Waals surface area contributed by atoms with Crippen molar-refractivity contribution in [2.24, 2.45) is 11.8 Å². The number of carbonyl (C=O) groups is 5. The molecule has 0 spiro atoms. The summed E-state index contributed by atoms with van der Waals surface area (Å²) in [5.41, 5.74) is 1.95. The Labute approximate surface area is 231 Å². The van der Waals surface area contributed by atoms with Gasteiger partial charge in [0.25, 0.3) is 11.8 Å². The molecule has 3 atom stereocenters. The van der Waals surface area contributed by atoms with Crippen LogP contribution in [-0.4, -0.2) is 53.0 Å². The molecule has 1 aromatic heterocycles. The predicted molar refractivity (Wildman–Crippen MR) is 148 cm³/mol. The van der Waals surface area contributed by atoms with Gasteiger partial charge in [-0.05, 0) is 42.9 Å². The van der Waals surface area contributed by atoms with E-state index < -0.39 is 41.5 Å². The van der Waals surface area contributed by atoms with Crippen molar-refractivity contribution in [3.05, 3.63) is 71.9 Å². The average Bonchev–Trinajstić information content (AvgIpc) is 3.53. The van der Waals surface area contributed by atoms with Crippen molar-refractivity contribution >= 4 is 40.3 Å². The number of fused-ring (bicyclic) bond motifs is 1. The molecule has 4 amide bonds. The highest BCUT2D eigenvalue weighted by atomic mass is 16.2. The van der Waals surface area contributed by atoms with Gasteiger partial charge in [0, 0.05) is 29.9 Å². The predicted octanol–water partition coefficient (Wildman–Crippen LogP) is 1.96. The van der Waals surface area contributed by atoms with E-state index in [2.05, 4.69) is 26.3 Å². The molecule has 10 heteroatoms. The van der Waals surface area contributed by atoms with Gasteiger partial charge in [-0.25, -0.2) is 0 Å². The minimum atomic E-state index is -1.20. The molecule has 2 aliphatic rings. The maximum Gasteiger partial charge on any atom is 0.289 e. The largest absolute Gasteiger partial charge is 0.356 e. The van der Waals surface area contributed by atoms with Crippen LogP contribution in [0.1, 0.15) is 48.2 Å². The number of H-pyrrole nitrogens is 1.